The second kappa shape index (κ2) is 4.44. The molecule has 5 nitrogen and oxygen atoms in total. The highest BCUT2D eigenvalue weighted by atomic mass is 16.2. The van der Waals surface area contributed by atoms with Crippen molar-refractivity contribution in [2.45, 2.75) is 12.5 Å². The lowest BCUT2D eigenvalue weighted by molar-refractivity contribution is -0.116. The summed E-state index contributed by atoms with van der Waals surface area (Å²) in [5, 5.41) is 5.94. The Morgan fingerprint density at radius 2 is 2.22 bits per heavy atom. The van der Waals surface area contributed by atoms with Crippen LogP contribution in [0.15, 0.2) is 42.9 Å². The first-order valence-corrected chi connectivity index (χ1v) is 5.74. The van der Waals surface area contributed by atoms with E-state index >= 15 is 0 Å². The van der Waals surface area contributed by atoms with Gasteiger partial charge in [-0.25, -0.2) is 4.98 Å². The quantitative estimate of drug-likeness (QED) is 0.833. The molecule has 0 saturated heterocycles. The number of rotatable bonds is 2. The highest BCUT2D eigenvalue weighted by Gasteiger charge is 2.26. The average molecular weight is 240 g/mol. The topological polar surface area (TPSA) is 66.9 Å². The maximum atomic E-state index is 12.0. The molecule has 18 heavy (non-hydrogen) atoms. The Bertz CT molecular complexity index is 545. The molecule has 0 spiro atoms. The number of hydrogen-bond acceptors (Lipinski definition) is 4. The van der Waals surface area contributed by atoms with Crippen molar-refractivity contribution >= 4 is 17.4 Å². The normalized spacial score (nSPS) is 16.8. The molecule has 0 unspecified atom stereocenters. The van der Waals surface area contributed by atoms with Crippen molar-refractivity contribution < 1.29 is 4.79 Å². The Hall–Kier alpha value is -2.43. The molecule has 5 heteroatoms. The maximum absolute atomic E-state index is 12.0. The van der Waals surface area contributed by atoms with E-state index in [0.717, 1.165) is 11.3 Å². The molecular weight excluding hydrogens is 228 g/mol. The van der Waals surface area contributed by atoms with Gasteiger partial charge in [-0.2, -0.15) is 0 Å². The first-order valence-electron chi connectivity index (χ1n) is 5.74. The van der Waals surface area contributed by atoms with Crippen molar-refractivity contribution in [2.75, 3.05) is 10.6 Å². The summed E-state index contributed by atoms with van der Waals surface area (Å²) >= 11 is 0. The minimum absolute atomic E-state index is 0.0910. The summed E-state index contributed by atoms with van der Waals surface area (Å²) in [6.45, 7) is 0. The Morgan fingerprint density at radius 1 is 1.33 bits per heavy atom. The highest BCUT2D eigenvalue weighted by Crippen LogP contribution is 2.25. The molecule has 0 saturated carbocycles. The number of aromatic nitrogens is 2. The number of carbonyl (C=O) groups excluding carboxylic acids is 1. The van der Waals surface area contributed by atoms with E-state index in [1.165, 1.54) is 6.20 Å². The molecule has 1 aliphatic rings. The fourth-order valence-corrected chi connectivity index (χ4v) is 2.03. The van der Waals surface area contributed by atoms with Gasteiger partial charge in [0, 0.05) is 24.5 Å². The highest BCUT2D eigenvalue weighted by molar-refractivity contribution is 5.97. The Morgan fingerprint density at radius 3 is 3.00 bits per heavy atom. The third-order valence-corrected chi connectivity index (χ3v) is 2.90. The molecule has 1 amide bonds. The molecule has 1 atom stereocenters. The summed E-state index contributed by atoms with van der Waals surface area (Å²) in [5.74, 6) is 0.381. The lowest BCUT2D eigenvalue weighted by atomic mass is 10.1. The van der Waals surface area contributed by atoms with Crippen LogP contribution in [0.25, 0.3) is 0 Å². The van der Waals surface area contributed by atoms with Crippen LogP contribution in [0.2, 0.25) is 0 Å². The largest absolute Gasteiger partial charge is 0.373 e. The van der Waals surface area contributed by atoms with Crippen molar-refractivity contribution in [3.8, 4) is 0 Å². The SMILES string of the molecule is O=C(Nc1cnccn1)[C@@H]1Cc2ccccc2N1. The number of amides is 1. The van der Waals surface area contributed by atoms with Gasteiger partial charge < -0.3 is 10.6 Å². The molecule has 90 valence electrons. The van der Waals surface area contributed by atoms with Crippen molar-refractivity contribution in [1.29, 1.82) is 0 Å². The van der Waals surface area contributed by atoms with Crippen LogP contribution in [0, 0.1) is 0 Å². The van der Waals surface area contributed by atoms with Gasteiger partial charge in [-0.15, -0.1) is 0 Å². The second-order valence-electron chi connectivity index (χ2n) is 4.14. The van der Waals surface area contributed by atoms with Crippen LogP contribution in [0.1, 0.15) is 5.56 Å². The van der Waals surface area contributed by atoms with Crippen molar-refractivity contribution in [3.05, 3.63) is 48.4 Å². The van der Waals surface area contributed by atoms with Crippen molar-refractivity contribution in [2.24, 2.45) is 0 Å². The lowest BCUT2D eigenvalue weighted by Crippen LogP contribution is -2.33. The molecule has 3 rings (SSSR count). The smallest absolute Gasteiger partial charge is 0.248 e. The molecule has 1 aromatic carbocycles. The summed E-state index contributed by atoms with van der Waals surface area (Å²) in [5.41, 5.74) is 2.19. The van der Waals surface area contributed by atoms with Crippen LogP contribution in [-0.4, -0.2) is 21.9 Å². The summed E-state index contributed by atoms with van der Waals surface area (Å²) in [6.07, 6.45) is 5.34. The van der Waals surface area contributed by atoms with Gasteiger partial charge in [0.15, 0.2) is 5.82 Å². The van der Waals surface area contributed by atoms with E-state index in [2.05, 4.69) is 20.6 Å². The number of benzene rings is 1. The van der Waals surface area contributed by atoms with Gasteiger partial charge >= 0.3 is 0 Å². The van der Waals surface area contributed by atoms with Gasteiger partial charge in [0.1, 0.15) is 6.04 Å². The number of anilines is 2. The molecule has 1 aromatic heterocycles. The van der Waals surface area contributed by atoms with Crippen LogP contribution in [0.5, 0.6) is 0 Å². The fourth-order valence-electron chi connectivity index (χ4n) is 2.03. The fraction of sp³-hybridized carbons (Fsp3) is 0.154. The molecule has 1 aliphatic heterocycles. The third kappa shape index (κ3) is 2.02. The summed E-state index contributed by atoms with van der Waals surface area (Å²) in [4.78, 5) is 20.0. The molecule has 2 N–H and O–H groups in total. The number of hydrogen-bond donors (Lipinski definition) is 2. The van der Waals surface area contributed by atoms with E-state index in [0.29, 0.717) is 12.2 Å². The molecule has 0 aliphatic carbocycles. The zero-order valence-corrected chi connectivity index (χ0v) is 9.63. The van der Waals surface area contributed by atoms with E-state index in [1.807, 2.05) is 24.3 Å². The Kier molecular flexibility index (Phi) is 2.64. The summed E-state index contributed by atoms with van der Waals surface area (Å²) in [6, 6.07) is 7.69. The van der Waals surface area contributed by atoms with Gasteiger partial charge in [-0.05, 0) is 11.6 Å². The molecule has 0 radical (unpaired) electrons. The average Bonchev–Trinajstić information content (AvgIpc) is 2.84. The first-order chi connectivity index (χ1) is 8.83. The van der Waals surface area contributed by atoms with E-state index in [-0.39, 0.29) is 11.9 Å². The van der Waals surface area contributed by atoms with Crippen molar-refractivity contribution in [1.82, 2.24) is 9.97 Å². The predicted molar refractivity (Wildman–Crippen MR) is 68.2 cm³/mol. The molecule has 2 aromatic rings. The van der Waals surface area contributed by atoms with E-state index in [4.69, 9.17) is 0 Å². The third-order valence-electron chi connectivity index (χ3n) is 2.90. The number of nitrogens with zero attached hydrogens (tertiary/aromatic N) is 2. The standard InChI is InChI=1S/C13H12N4O/c18-13(17-12-8-14-5-6-15-12)11-7-9-3-1-2-4-10(9)16-11/h1-6,8,11,16H,7H2,(H,15,17,18)/t11-/m0/s1. The predicted octanol–water partition coefficient (Wildman–Crippen LogP) is 1.45. The number of fused-ring (bicyclic) bond motifs is 1. The first kappa shape index (κ1) is 10.7. The number of para-hydroxylation sites is 1. The minimum Gasteiger partial charge on any atom is -0.373 e. The Labute approximate surface area is 104 Å². The molecular formula is C13H12N4O. The van der Waals surface area contributed by atoms with E-state index in [9.17, 15) is 4.79 Å². The zero-order chi connectivity index (χ0) is 12.4. The zero-order valence-electron chi connectivity index (χ0n) is 9.63. The van der Waals surface area contributed by atoms with Gasteiger partial charge in [0.05, 0.1) is 6.20 Å². The van der Waals surface area contributed by atoms with E-state index < -0.39 is 0 Å². The molecule has 0 fully saturated rings. The van der Waals surface area contributed by atoms with Crippen LogP contribution < -0.4 is 10.6 Å². The van der Waals surface area contributed by atoms with Crippen LogP contribution >= 0.6 is 0 Å². The maximum Gasteiger partial charge on any atom is 0.248 e. The minimum atomic E-state index is -0.246. The number of carbonyl (C=O) groups is 1. The van der Waals surface area contributed by atoms with Crippen LogP contribution in [-0.2, 0) is 11.2 Å². The molecule has 2 heterocycles. The van der Waals surface area contributed by atoms with Gasteiger partial charge in [-0.3, -0.25) is 9.78 Å². The summed E-state index contributed by atoms with van der Waals surface area (Å²) in [7, 11) is 0. The number of nitrogens with one attached hydrogen (secondary N) is 2. The Balaban J connectivity index is 1.70. The van der Waals surface area contributed by atoms with Crippen molar-refractivity contribution in [3.63, 3.8) is 0 Å². The second-order valence-corrected chi connectivity index (χ2v) is 4.14. The van der Waals surface area contributed by atoms with E-state index in [1.54, 1.807) is 12.4 Å². The monoisotopic (exact) mass is 240 g/mol. The molecule has 0 bridgehead atoms. The van der Waals surface area contributed by atoms with Crippen LogP contribution in [0.4, 0.5) is 11.5 Å². The van der Waals surface area contributed by atoms with Gasteiger partial charge in [-0.1, -0.05) is 18.2 Å². The lowest BCUT2D eigenvalue weighted by Gasteiger charge is -2.10. The summed E-state index contributed by atoms with van der Waals surface area (Å²) < 4.78 is 0. The van der Waals surface area contributed by atoms with Gasteiger partial charge in [0.25, 0.3) is 0 Å². The van der Waals surface area contributed by atoms with Crippen LogP contribution in [0.3, 0.4) is 0 Å². The van der Waals surface area contributed by atoms with Gasteiger partial charge in [0.2, 0.25) is 5.91 Å².